The van der Waals surface area contributed by atoms with Crippen molar-refractivity contribution in [3.63, 3.8) is 0 Å². The average Bonchev–Trinajstić information content (AvgIpc) is 2.50. The predicted molar refractivity (Wildman–Crippen MR) is 43.3 cm³/mol. The number of aromatic nitrogens is 4. The third-order valence-corrected chi connectivity index (χ3v) is 1.53. The van der Waals surface area contributed by atoms with Crippen LogP contribution in [0.1, 0.15) is 5.69 Å². The van der Waals surface area contributed by atoms with Crippen LogP contribution >= 0.6 is 0 Å². The molecule has 0 saturated heterocycles. The molecule has 0 aliphatic rings. The number of hydrogen-bond donors (Lipinski definition) is 2. The molecule has 0 aliphatic heterocycles. The Morgan fingerprint density at radius 1 is 1.58 bits per heavy atom. The summed E-state index contributed by atoms with van der Waals surface area (Å²) in [6.07, 6.45) is 1.43. The fourth-order valence-corrected chi connectivity index (χ4v) is 1.03. The van der Waals surface area contributed by atoms with Crippen molar-refractivity contribution >= 4 is 11.6 Å². The number of nitrogens with two attached hydrogens (primary N) is 1. The molecule has 3 N–H and O–H groups in total. The van der Waals surface area contributed by atoms with Gasteiger partial charge in [-0.2, -0.15) is 14.6 Å². The lowest BCUT2D eigenvalue weighted by Gasteiger charge is -2.02. The van der Waals surface area contributed by atoms with Crippen LogP contribution in [0.2, 0.25) is 0 Å². The largest absolute Gasteiger partial charge is 0.308 e. The summed E-state index contributed by atoms with van der Waals surface area (Å²) in [4.78, 5) is 8.07. The van der Waals surface area contributed by atoms with Gasteiger partial charge >= 0.3 is 0 Å². The van der Waals surface area contributed by atoms with Crippen LogP contribution in [0.25, 0.3) is 5.78 Å². The van der Waals surface area contributed by atoms with Crippen LogP contribution in [0, 0.1) is 6.92 Å². The highest BCUT2D eigenvalue weighted by molar-refractivity contribution is 5.43. The minimum atomic E-state index is 0.544. The smallest absolute Gasteiger partial charge is 0.254 e. The highest BCUT2D eigenvalue weighted by Crippen LogP contribution is 2.07. The van der Waals surface area contributed by atoms with Gasteiger partial charge in [0.15, 0.2) is 0 Å². The van der Waals surface area contributed by atoms with E-state index in [-0.39, 0.29) is 0 Å². The number of fused-ring (bicyclic) bond motifs is 1. The molecular weight excluding hydrogens is 156 g/mol. The minimum Gasteiger partial charge on any atom is -0.308 e. The molecule has 2 heterocycles. The molecule has 6 nitrogen and oxygen atoms in total. The summed E-state index contributed by atoms with van der Waals surface area (Å²) in [5.41, 5.74) is 3.37. The molecule has 0 unspecified atom stereocenters. The van der Waals surface area contributed by atoms with Gasteiger partial charge in [0.1, 0.15) is 12.1 Å². The van der Waals surface area contributed by atoms with E-state index in [1.54, 1.807) is 6.07 Å². The zero-order valence-corrected chi connectivity index (χ0v) is 6.52. The van der Waals surface area contributed by atoms with E-state index in [2.05, 4.69) is 20.5 Å². The molecule has 6 heteroatoms. The first-order valence-corrected chi connectivity index (χ1v) is 3.45. The topological polar surface area (TPSA) is 81.1 Å². The fraction of sp³-hybridized carbons (Fsp3) is 0.167. The highest BCUT2D eigenvalue weighted by atomic mass is 15.4. The third-order valence-electron chi connectivity index (χ3n) is 1.53. The molecule has 0 bridgehead atoms. The SMILES string of the molecule is Cc1cc(NN)n2ncnc2n1. The van der Waals surface area contributed by atoms with E-state index in [4.69, 9.17) is 5.84 Å². The lowest BCUT2D eigenvalue weighted by molar-refractivity contribution is 0.926. The van der Waals surface area contributed by atoms with E-state index < -0.39 is 0 Å². The Bertz CT molecular complexity index is 405. The maximum atomic E-state index is 5.28. The van der Waals surface area contributed by atoms with Gasteiger partial charge in [0.2, 0.25) is 0 Å². The summed E-state index contributed by atoms with van der Waals surface area (Å²) >= 11 is 0. The summed E-state index contributed by atoms with van der Waals surface area (Å²) in [5.74, 6) is 6.50. The Morgan fingerprint density at radius 3 is 3.17 bits per heavy atom. The number of hydrazine groups is 1. The van der Waals surface area contributed by atoms with Crippen LogP contribution in [0.4, 0.5) is 5.82 Å². The van der Waals surface area contributed by atoms with Gasteiger partial charge in [-0.1, -0.05) is 0 Å². The van der Waals surface area contributed by atoms with Gasteiger partial charge in [0, 0.05) is 11.8 Å². The highest BCUT2D eigenvalue weighted by Gasteiger charge is 2.02. The number of rotatable bonds is 1. The van der Waals surface area contributed by atoms with Crippen LogP contribution in [-0.4, -0.2) is 19.6 Å². The Balaban J connectivity index is 2.80. The number of nitrogens with one attached hydrogen (secondary N) is 1. The number of aryl methyl sites for hydroxylation is 1. The Labute approximate surface area is 68.4 Å². The van der Waals surface area contributed by atoms with Crippen molar-refractivity contribution < 1.29 is 0 Å². The van der Waals surface area contributed by atoms with Gasteiger partial charge < -0.3 is 5.43 Å². The summed E-state index contributed by atoms with van der Waals surface area (Å²) in [7, 11) is 0. The molecule has 62 valence electrons. The molecule has 2 rings (SSSR count). The van der Waals surface area contributed by atoms with Crippen LogP contribution in [0.15, 0.2) is 12.4 Å². The number of anilines is 1. The molecule has 0 radical (unpaired) electrons. The molecule has 0 fully saturated rings. The van der Waals surface area contributed by atoms with Gasteiger partial charge in [0.05, 0.1) is 0 Å². The van der Waals surface area contributed by atoms with Crippen molar-refractivity contribution in [3.05, 3.63) is 18.1 Å². The predicted octanol–water partition coefficient (Wildman–Crippen LogP) is -0.282. The summed E-state index contributed by atoms with van der Waals surface area (Å²) in [5, 5.41) is 3.93. The van der Waals surface area contributed by atoms with Crippen molar-refractivity contribution in [2.45, 2.75) is 6.92 Å². The van der Waals surface area contributed by atoms with E-state index in [9.17, 15) is 0 Å². The molecule has 2 aromatic heterocycles. The van der Waals surface area contributed by atoms with Gasteiger partial charge in [-0.05, 0) is 6.92 Å². The monoisotopic (exact) mass is 164 g/mol. The zero-order chi connectivity index (χ0) is 8.55. The Morgan fingerprint density at radius 2 is 2.42 bits per heavy atom. The first kappa shape index (κ1) is 6.99. The molecule has 0 amide bonds. The Kier molecular flexibility index (Phi) is 1.41. The van der Waals surface area contributed by atoms with E-state index in [1.165, 1.54) is 10.8 Å². The molecular formula is C6H8N6. The van der Waals surface area contributed by atoms with E-state index >= 15 is 0 Å². The van der Waals surface area contributed by atoms with Crippen molar-refractivity contribution in [3.8, 4) is 0 Å². The van der Waals surface area contributed by atoms with Crippen molar-refractivity contribution in [2.75, 3.05) is 5.43 Å². The molecule has 0 spiro atoms. The summed E-state index contributed by atoms with van der Waals surface area (Å²) in [6, 6.07) is 1.79. The molecule has 0 saturated carbocycles. The molecule has 0 aromatic carbocycles. The minimum absolute atomic E-state index is 0.544. The Hall–Kier alpha value is -1.69. The average molecular weight is 164 g/mol. The second-order valence-corrected chi connectivity index (χ2v) is 2.40. The summed E-state index contributed by atoms with van der Waals surface area (Å²) < 4.78 is 1.53. The number of nitrogen functional groups attached to an aromatic ring is 1. The van der Waals surface area contributed by atoms with Gasteiger partial charge in [-0.25, -0.2) is 10.8 Å². The van der Waals surface area contributed by atoms with Crippen LogP contribution in [0.5, 0.6) is 0 Å². The van der Waals surface area contributed by atoms with E-state index in [0.717, 1.165) is 5.69 Å². The second-order valence-electron chi connectivity index (χ2n) is 2.40. The van der Waals surface area contributed by atoms with Crippen LogP contribution in [-0.2, 0) is 0 Å². The third kappa shape index (κ3) is 0.892. The number of nitrogens with zero attached hydrogens (tertiary/aromatic N) is 4. The normalized spacial score (nSPS) is 10.5. The van der Waals surface area contributed by atoms with E-state index in [0.29, 0.717) is 11.6 Å². The zero-order valence-electron chi connectivity index (χ0n) is 6.52. The molecule has 12 heavy (non-hydrogen) atoms. The van der Waals surface area contributed by atoms with E-state index in [1.807, 2.05) is 6.92 Å². The maximum absolute atomic E-state index is 5.28. The molecule has 2 aromatic rings. The van der Waals surface area contributed by atoms with Crippen LogP contribution in [0.3, 0.4) is 0 Å². The number of hydrogen-bond acceptors (Lipinski definition) is 5. The second kappa shape index (κ2) is 2.42. The quantitative estimate of drug-likeness (QED) is 0.447. The first-order valence-electron chi connectivity index (χ1n) is 3.45. The first-order chi connectivity index (χ1) is 5.81. The molecule has 0 atom stereocenters. The van der Waals surface area contributed by atoms with Crippen LogP contribution < -0.4 is 11.3 Å². The molecule has 0 aliphatic carbocycles. The van der Waals surface area contributed by atoms with Crippen molar-refractivity contribution in [1.29, 1.82) is 0 Å². The lowest BCUT2D eigenvalue weighted by atomic mass is 10.4. The van der Waals surface area contributed by atoms with Crippen molar-refractivity contribution in [1.82, 2.24) is 19.6 Å². The summed E-state index contributed by atoms with van der Waals surface area (Å²) in [6.45, 7) is 1.87. The van der Waals surface area contributed by atoms with Crippen molar-refractivity contribution in [2.24, 2.45) is 5.84 Å². The fourth-order valence-electron chi connectivity index (χ4n) is 1.03. The lowest BCUT2D eigenvalue weighted by Crippen LogP contribution is -2.12. The van der Waals surface area contributed by atoms with Gasteiger partial charge in [0.25, 0.3) is 5.78 Å². The standard InChI is InChI=1S/C6H8N6/c1-4-2-5(11-7)12-6(10-4)8-3-9-12/h2-3,11H,7H2,1H3. The van der Waals surface area contributed by atoms with Gasteiger partial charge in [-0.15, -0.1) is 0 Å². The van der Waals surface area contributed by atoms with Gasteiger partial charge in [-0.3, -0.25) is 0 Å². The maximum Gasteiger partial charge on any atom is 0.254 e.